The number of hydrogen-bond donors (Lipinski definition) is 1. The highest BCUT2D eigenvalue weighted by Crippen LogP contribution is 2.35. The zero-order valence-electron chi connectivity index (χ0n) is 16.5. The van der Waals surface area contributed by atoms with Gasteiger partial charge in [-0.1, -0.05) is 32.9 Å². The van der Waals surface area contributed by atoms with Gasteiger partial charge in [-0.15, -0.1) is 0 Å². The minimum absolute atomic E-state index is 0.152. The van der Waals surface area contributed by atoms with Gasteiger partial charge in [-0.25, -0.2) is 9.67 Å². The van der Waals surface area contributed by atoms with Crippen molar-refractivity contribution in [3.63, 3.8) is 0 Å². The number of carbonyl (C=O) groups is 1. The maximum Gasteiger partial charge on any atom is 0.418 e. The highest BCUT2D eigenvalue weighted by Gasteiger charge is 2.35. The lowest BCUT2D eigenvalue weighted by molar-refractivity contribution is -0.137. The van der Waals surface area contributed by atoms with Crippen molar-refractivity contribution in [1.82, 2.24) is 19.3 Å². The molecule has 2 aromatic heterocycles. The number of rotatable bonds is 4. The van der Waals surface area contributed by atoms with Crippen LogP contribution in [0, 0.1) is 0 Å². The standard InChI is InChI=1S/C20H22F3N5O/c1-13(27-10-9-24-12-27)18(29)25-17-11-16(19(2,3)4)26-28(17)15-8-6-5-7-14(15)20(21,22)23/h5-13H,1-4H3,(H,25,29)/t13-/m1/s1. The van der Waals surface area contributed by atoms with Crippen molar-refractivity contribution in [2.24, 2.45) is 0 Å². The Kier molecular flexibility index (Phi) is 5.25. The number of nitrogens with zero attached hydrogens (tertiary/aromatic N) is 4. The molecule has 9 heteroatoms. The number of amides is 1. The van der Waals surface area contributed by atoms with Crippen molar-refractivity contribution in [3.05, 3.63) is 60.3 Å². The minimum Gasteiger partial charge on any atom is -0.325 e. The molecule has 0 fully saturated rings. The first-order valence-electron chi connectivity index (χ1n) is 9.04. The maximum absolute atomic E-state index is 13.5. The normalized spacial score (nSPS) is 13.3. The van der Waals surface area contributed by atoms with Crippen molar-refractivity contribution in [1.29, 1.82) is 0 Å². The van der Waals surface area contributed by atoms with Gasteiger partial charge in [0, 0.05) is 23.9 Å². The molecule has 0 spiro atoms. The molecule has 1 N–H and O–H groups in total. The first kappa shape index (κ1) is 20.6. The fraction of sp³-hybridized carbons (Fsp3) is 0.350. The topological polar surface area (TPSA) is 64.7 Å². The van der Waals surface area contributed by atoms with Gasteiger partial charge < -0.3 is 9.88 Å². The van der Waals surface area contributed by atoms with Gasteiger partial charge >= 0.3 is 6.18 Å². The Morgan fingerprint density at radius 2 is 1.86 bits per heavy atom. The molecule has 0 aliphatic carbocycles. The van der Waals surface area contributed by atoms with Crippen molar-refractivity contribution in [3.8, 4) is 5.69 Å². The molecule has 0 radical (unpaired) electrons. The maximum atomic E-state index is 13.5. The largest absolute Gasteiger partial charge is 0.418 e. The predicted molar refractivity (Wildman–Crippen MR) is 103 cm³/mol. The van der Waals surface area contributed by atoms with Crippen LogP contribution in [-0.4, -0.2) is 25.2 Å². The number of anilines is 1. The molecule has 6 nitrogen and oxygen atoms in total. The molecule has 1 aromatic carbocycles. The van der Waals surface area contributed by atoms with Gasteiger partial charge in [0.15, 0.2) is 0 Å². The summed E-state index contributed by atoms with van der Waals surface area (Å²) in [4.78, 5) is 16.6. The molecular formula is C20H22F3N5O. The number of imidazole rings is 1. The predicted octanol–water partition coefficient (Wildman–Crippen LogP) is 4.58. The SMILES string of the molecule is C[C@H](C(=O)Nc1cc(C(C)(C)C)nn1-c1ccccc1C(F)(F)F)n1ccnc1. The molecule has 2 heterocycles. The summed E-state index contributed by atoms with van der Waals surface area (Å²) >= 11 is 0. The third-order valence-electron chi connectivity index (χ3n) is 4.52. The third kappa shape index (κ3) is 4.33. The number of alkyl halides is 3. The van der Waals surface area contributed by atoms with Gasteiger partial charge in [0.25, 0.3) is 0 Å². The van der Waals surface area contributed by atoms with Crippen LogP contribution in [0.1, 0.15) is 45.0 Å². The summed E-state index contributed by atoms with van der Waals surface area (Å²) < 4.78 is 43.4. The number of carbonyl (C=O) groups excluding carboxylic acids is 1. The Hall–Kier alpha value is -3.10. The Balaban J connectivity index is 2.07. The summed E-state index contributed by atoms with van der Waals surface area (Å²) in [6.07, 6.45) is 0.128. The van der Waals surface area contributed by atoms with Crippen molar-refractivity contribution in [2.45, 2.75) is 45.3 Å². The molecule has 0 saturated carbocycles. The van der Waals surface area contributed by atoms with Gasteiger partial charge in [0.05, 0.1) is 23.3 Å². The Morgan fingerprint density at radius 3 is 2.45 bits per heavy atom. The zero-order chi connectivity index (χ0) is 21.4. The van der Waals surface area contributed by atoms with Crippen LogP contribution in [0.25, 0.3) is 5.69 Å². The molecule has 0 aliphatic heterocycles. The van der Waals surface area contributed by atoms with Crippen LogP contribution in [0.4, 0.5) is 19.0 Å². The number of nitrogens with one attached hydrogen (secondary N) is 1. The molecule has 1 atom stereocenters. The van der Waals surface area contributed by atoms with E-state index in [-0.39, 0.29) is 11.5 Å². The van der Waals surface area contributed by atoms with Gasteiger partial charge in [0.1, 0.15) is 11.9 Å². The van der Waals surface area contributed by atoms with E-state index in [1.165, 1.54) is 24.5 Å². The number of para-hydroxylation sites is 1. The summed E-state index contributed by atoms with van der Waals surface area (Å²) in [6, 6.07) is 6.15. The average molecular weight is 405 g/mol. The second-order valence-corrected chi connectivity index (χ2v) is 7.77. The molecule has 0 bridgehead atoms. The van der Waals surface area contributed by atoms with Crippen molar-refractivity contribution >= 4 is 11.7 Å². The lowest BCUT2D eigenvalue weighted by atomic mass is 9.92. The third-order valence-corrected chi connectivity index (χ3v) is 4.52. The fourth-order valence-corrected chi connectivity index (χ4v) is 2.78. The van der Waals surface area contributed by atoms with Crippen LogP contribution in [0.5, 0.6) is 0 Å². The quantitative estimate of drug-likeness (QED) is 0.691. The van der Waals surface area contributed by atoms with E-state index in [1.807, 2.05) is 20.8 Å². The average Bonchev–Trinajstić information content (AvgIpc) is 3.30. The van der Waals surface area contributed by atoms with Crippen molar-refractivity contribution in [2.75, 3.05) is 5.32 Å². The first-order chi connectivity index (χ1) is 13.5. The molecule has 3 rings (SSSR count). The van der Waals surface area contributed by atoms with Gasteiger partial charge in [-0.05, 0) is 19.1 Å². The van der Waals surface area contributed by atoms with E-state index in [2.05, 4.69) is 15.4 Å². The second kappa shape index (κ2) is 7.38. The van der Waals surface area contributed by atoms with E-state index >= 15 is 0 Å². The number of benzene rings is 1. The van der Waals surface area contributed by atoms with E-state index in [4.69, 9.17) is 0 Å². The zero-order valence-corrected chi connectivity index (χ0v) is 16.5. The lowest BCUT2D eigenvalue weighted by Gasteiger charge is -2.17. The molecule has 0 saturated heterocycles. The summed E-state index contributed by atoms with van der Waals surface area (Å²) in [7, 11) is 0. The van der Waals surface area contributed by atoms with Gasteiger partial charge in [0.2, 0.25) is 5.91 Å². The smallest absolute Gasteiger partial charge is 0.325 e. The summed E-state index contributed by atoms with van der Waals surface area (Å²) in [5, 5.41) is 7.10. The summed E-state index contributed by atoms with van der Waals surface area (Å²) in [5.41, 5.74) is -0.851. The molecule has 0 aliphatic rings. The summed E-state index contributed by atoms with van der Waals surface area (Å²) in [5.74, 6) is -0.224. The monoisotopic (exact) mass is 405 g/mol. The Morgan fingerprint density at radius 1 is 1.17 bits per heavy atom. The molecule has 154 valence electrons. The van der Waals surface area contributed by atoms with Crippen LogP contribution < -0.4 is 5.32 Å². The molecule has 29 heavy (non-hydrogen) atoms. The van der Waals surface area contributed by atoms with Crippen LogP contribution in [0.2, 0.25) is 0 Å². The highest BCUT2D eigenvalue weighted by molar-refractivity contribution is 5.93. The summed E-state index contributed by atoms with van der Waals surface area (Å²) in [6.45, 7) is 7.37. The minimum atomic E-state index is -4.56. The van der Waals surface area contributed by atoms with E-state index in [9.17, 15) is 18.0 Å². The van der Waals surface area contributed by atoms with Crippen LogP contribution in [0.3, 0.4) is 0 Å². The van der Waals surface area contributed by atoms with Crippen LogP contribution >= 0.6 is 0 Å². The lowest BCUT2D eigenvalue weighted by Crippen LogP contribution is -2.24. The fourth-order valence-electron chi connectivity index (χ4n) is 2.78. The molecule has 1 amide bonds. The number of halogens is 3. The molecule has 3 aromatic rings. The van der Waals surface area contributed by atoms with E-state index in [0.717, 1.165) is 10.7 Å². The molecule has 0 unspecified atom stereocenters. The second-order valence-electron chi connectivity index (χ2n) is 7.77. The van der Waals surface area contributed by atoms with Crippen LogP contribution in [0.15, 0.2) is 49.1 Å². The van der Waals surface area contributed by atoms with Crippen LogP contribution in [-0.2, 0) is 16.4 Å². The molecular weight excluding hydrogens is 383 g/mol. The number of aromatic nitrogens is 4. The van der Waals surface area contributed by atoms with Crippen molar-refractivity contribution < 1.29 is 18.0 Å². The van der Waals surface area contributed by atoms with Gasteiger partial charge in [-0.3, -0.25) is 4.79 Å². The van der Waals surface area contributed by atoms with E-state index in [0.29, 0.717) is 5.69 Å². The van der Waals surface area contributed by atoms with Gasteiger partial charge in [-0.2, -0.15) is 18.3 Å². The van der Waals surface area contributed by atoms with E-state index < -0.39 is 29.1 Å². The van der Waals surface area contributed by atoms with E-state index in [1.54, 1.807) is 30.0 Å². The first-order valence-corrected chi connectivity index (χ1v) is 9.04. The number of hydrogen-bond acceptors (Lipinski definition) is 3. The Labute approximate surface area is 166 Å². The Bertz CT molecular complexity index is 1000. The highest BCUT2D eigenvalue weighted by atomic mass is 19.4.